The van der Waals surface area contributed by atoms with Gasteiger partial charge in [0.2, 0.25) is 0 Å². The van der Waals surface area contributed by atoms with E-state index in [1.807, 2.05) is 0 Å². The number of carbonyl (C=O) groups excluding carboxylic acids is 1. The summed E-state index contributed by atoms with van der Waals surface area (Å²) in [6.07, 6.45) is 0.242. The number of benzene rings is 1. The summed E-state index contributed by atoms with van der Waals surface area (Å²) in [6, 6.07) is 4.00. The molecule has 2 nitrogen and oxygen atoms in total. The van der Waals surface area contributed by atoms with Crippen LogP contribution in [0.2, 0.25) is 0 Å². The molecule has 18 heavy (non-hydrogen) atoms. The van der Waals surface area contributed by atoms with E-state index in [1.165, 1.54) is 18.2 Å². The standard InChI is InChI=1S/C12H13F3O2S/c1-3-11(16)8-5-9(17-4-2)7-10(6-8)18-12(13,14)15/h5-7H,3-4H2,1-2H3. The highest BCUT2D eigenvalue weighted by molar-refractivity contribution is 8.00. The maximum atomic E-state index is 12.3. The van der Waals surface area contributed by atoms with Gasteiger partial charge in [-0.3, -0.25) is 4.79 Å². The highest BCUT2D eigenvalue weighted by Gasteiger charge is 2.29. The average Bonchev–Trinajstić information content (AvgIpc) is 2.25. The summed E-state index contributed by atoms with van der Waals surface area (Å²) in [5.41, 5.74) is -4.13. The smallest absolute Gasteiger partial charge is 0.446 e. The second-order valence-corrected chi connectivity index (χ2v) is 4.59. The lowest BCUT2D eigenvalue weighted by Crippen LogP contribution is -2.03. The SMILES string of the molecule is CCOc1cc(SC(F)(F)F)cc(C(=O)CC)c1. The minimum atomic E-state index is -4.38. The lowest BCUT2D eigenvalue weighted by molar-refractivity contribution is -0.0328. The van der Waals surface area contributed by atoms with E-state index in [9.17, 15) is 18.0 Å². The zero-order chi connectivity index (χ0) is 13.8. The van der Waals surface area contributed by atoms with E-state index in [4.69, 9.17) is 4.74 Å². The van der Waals surface area contributed by atoms with Crippen molar-refractivity contribution in [1.29, 1.82) is 0 Å². The fourth-order valence-corrected chi connectivity index (χ4v) is 2.01. The average molecular weight is 278 g/mol. The van der Waals surface area contributed by atoms with Crippen molar-refractivity contribution in [2.45, 2.75) is 30.7 Å². The van der Waals surface area contributed by atoms with Crippen LogP contribution >= 0.6 is 11.8 Å². The Hall–Kier alpha value is -1.17. The van der Waals surface area contributed by atoms with Gasteiger partial charge in [-0.2, -0.15) is 13.2 Å². The van der Waals surface area contributed by atoms with Gasteiger partial charge in [0, 0.05) is 16.9 Å². The molecule has 0 aliphatic carbocycles. The first kappa shape index (κ1) is 14.9. The number of thioether (sulfide) groups is 1. The normalized spacial score (nSPS) is 11.4. The molecule has 0 saturated heterocycles. The molecule has 1 rings (SSSR count). The maximum absolute atomic E-state index is 12.3. The summed E-state index contributed by atoms with van der Waals surface area (Å²) in [7, 11) is 0. The van der Waals surface area contributed by atoms with Gasteiger partial charge in [0.05, 0.1) is 6.61 Å². The molecule has 0 amide bonds. The molecule has 0 heterocycles. The van der Waals surface area contributed by atoms with Crippen molar-refractivity contribution in [3.8, 4) is 5.75 Å². The monoisotopic (exact) mass is 278 g/mol. The Morgan fingerprint density at radius 2 is 1.94 bits per heavy atom. The molecule has 0 N–H and O–H groups in total. The Kier molecular flexibility index (Phi) is 5.07. The molecule has 0 fully saturated rings. The molecule has 0 aliphatic rings. The molecule has 0 bridgehead atoms. The Bertz CT molecular complexity index is 430. The summed E-state index contributed by atoms with van der Waals surface area (Å²) in [5.74, 6) is 0.0733. The molecule has 0 aliphatic heterocycles. The van der Waals surface area contributed by atoms with E-state index in [0.29, 0.717) is 6.61 Å². The van der Waals surface area contributed by atoms with Crippen molar-refractivity contribution in [2.75, 3.05) is 6.61 Å². The van der Waals surface area contributed by atoms with Crippen LogP contribution in [0.4, 0.5) is 13.2 Å². The predicted octanol–water partition coefficient (Wildman–Crippen LogP) is 4.29. The Balaban J connectivity index is 3.09. The molecule has 0 unspecified atom stereocenters. The zero-order valence-electron chi connectivity index (χ0n) is 10.0. The number of hydrogen-bond donors (Lipinski definition) is 0. The maximum Gasteiger partial charge on any atom is 0.446 e. The van der Waals surface area contributed by atoms with E-state index in [-0.39, 0.29) is 40.2 Å². The molecule has 0 radical (unpaired) electrons. The van der Waals surface area contributed by atoms with Crippen LogP contribution < -0.4 is 4.74 Å². The summed E-state index contributed by atoms with van der Waals surface area (Å²) >= 11 is -0.249. The molecular weight excluding hydrogens is 265 g/mol. The molecule has 100 valence electrons. The van der Waals surface area contributed by atoms with Gasteiger partial charge in [-0.1, -0.05) is 6.92 Å². The third-order valence-electron chi connectivity index (χ3n) is 2.07. The van der Waals surface area contributed by atoms with Crippen LogP contribution in [0.1, 0.15) is 30.6 Å². The first-order chi connectivity index (χ1) is 8.35. The van der Waals surface area contributed by atoms with Crippen molar-refractivity contribution in [3.05, 3.63) is 23.8 Å². The van der Waals surface area contributed by atoms with Gasteiger partial charge in [0.25, 0.3) is 0 Å². The van der Waals surface area contributed by atoms with E-state index < -0.39 is 5.51 Å². The van der Waals surface area contributed by atoms with Crippen molar-refractivity contribution < 1.29 is 22.7 Å². The van der Waals surface area contributed by atoms with Crippen LogP contribution in [0.25, 0.3) is 0 Å². The molecule has 0 atom stereocenters. The zero-order valence-corrected chi connectivity index (χ0v) is 10.8. The summed E-state index contributed by atoms with van der Waals surface area (Å²) in [6.45, 7) is 3.72. The number of ketones is 1. The Morgan fingerprint density at radius 1 is 1.28 bits per heavy atom. The van der Waals surface area contributed by atoms with E-state index in [1.54, 1.807) is 13.8 Å². The topological polar surface area (TPSA) is 26.3 Å². The quantitative estimate of drug-likeness (QED) is 0.593. The second kappa shape index (κ2) is 6.13. The van der Waals surface area contributed by atoms with Gasteiger partial charge < -0.3 is 4.74 Å². The minimum absolute atomic E-state index is 0.0368. The van der Waals surface area contributed by atoms with Gasteiger partial charge in [-0.05, 0) is 36.9 Å². The Morgan fingerprint density at radius 3 is 2.44 bits per heavy atom. The number of rotatable bonds is 5. The molecular formula is C12H13F3O2S. The summed E-state index contributed by atoms with van der Waals surface area (Å²) in [4.78, 5) is 11.5. The van der Waals surface area contributed by atoms with Gasteiger partial charge in [0.1, 0.15) is 5.75 Å². The largest absolute Gasteiger partial charge is 0.494 e. The van der Waals surface area contributed by atoms with E-state index >= 15 is 0 Å². The molecule has 0 saturated carbocycles. The van der Waals surface area contributed by atoms with Gasteiger partial charge >= 0.3 is 5.51 Å². The first-order valence-electron chi connectivity index (χ1n) is 5.42. The van der Waals surface area contributed by atoms with Crippen LogP contribution in [0.15, 0.2) is 23.1 Å². The molecule has 1 aromatic rings. The second-order valence-electron chi connectivity index (χ2n) is 3.45. The Labute approximate surface area is 108 Å². The van der Waals surface area contributed by atoms with Crippen LogP contribution in [-0.4, -0.2) is 17.9 Å². The summed E-state index contributed by atoms with van der Waals surface area (Å²) in [5, 5.41) is 0. The van der Waals surface area contributed by atoms with Crippen molar-refractivity contribution >= 4 is 17.5 Å². The van der Waals surface area contributed by atoms with Crippen LogP contribution in [0, 0.1) is 0 Å². The van der Waals surface area contributed by atoms with Gasteiger partial charge in [-0.15, -0.1) is 0 Å². The highest BCUT2D eigenvalue weighted by Crippen LogP contribution is 2.38. The van der Waals surface area contributed by atoms with Crippen LogP contribution in [0.3, 0.4) is 0 Å². The lowest BCUT2D eigenvalue weighted by Gasteiger charge is -2.10. The third kappa shape index (κ3) is 4.60. The molecule has 6 heteroatoms. The fourth-order valence-electron chi connectivity index (χ4n) is 1.38. The van der Waals surface area contributed by atoms with Crippen LogP contribution in [0.5, 0.6) is 5.75 Å². The van der Waals surface area contributed by atoms with Gasteiger partial charge in [0.15, 0.2) is 5.78 Å². The van der Waals surface area contributed by atoms with Gasteiger partial charge in [-0.25, -0.2) is 0 Å². The first-order valence-corrected chi connectivity index (χ1v) is 6.24. The number of halogens is 3. The molecule has 0 spiro atoms. The lowest BCUT2D eigenvalue weighted by atomic mass is 10.1. The number of alkyl halides is 3. The predicted molar refractivity (Wildman–Crippen MR) is 64.1 cm³/mol. The fraction of sp³-hybridized carbons (Fsp3) is 0.417. The van der Waals surface area contributed by atoms with Crippen molar-refractivity contribution in [3.63, 3.8) is 0 Å². The number of carbonyl (C=O) groups is 1. The third-order valence-corrected chi connectivity index (χ3v) is 2.77. The summed E-state index contributed by atoms with van der Waals surface area (Å²) < 4.78 is 42.1. The number of Topliss-reactive ketones (excluding diaryl/α,β-unsaturated/α-hetero) is 1. The van der Waals surface area contributed by atoms with Crippen LogP contribution in [-0.2, 0) is 0 Å². The van der Waals surface area contributed by atoms with Crippen molar-refractivity contribution in [1.82, 2.24) is 0 Å². The van der Waals surface area contributed by atoms with E-state index in [0.717, 1.165) is 0 Å². The number of ether oxygens (including phenoxy) is 1. The molecule has 0 aromatic heterocycles. The minimum Gasteiger partial charge on any atom is -0.494 e. The van der Waals surface area contributed by atoms with Crippen molar-refractivity contribution in [2.24, 2.45) is 0 Å². The van der Waals surface area contributed by atoms with E-state index in [2.05, 4.69) is 0 Å². The number of hydrogen-bond acceptors (Lipinski definition) is 3. The molecule has 1 aromatic carbocycles. The highest BCUT2D eigenvalue weighted by atomic mass is 32.2.